The van der Waals surface area contributed by atoms with Gasteiger partial charge in [0.2, 0.25) is 0 Å². The number of hydrogen-bond acceptors (Lipinski definition) is 5. The van der Waals surface area contributed by atoms with Crippen molar-refractivity contribution in [3.05, 3.63) is 42.1 Å². The maximum absolute atomic E-state index is 5.54. The summed E-state index contributed by atoms with van der Waals surface area (Å²) >= 11 is 0. The minimum absolute atomic E-state index is 0.335. The summed E-state index contributed by atoms with van der Waals surface area (Å²) in [6.45, 7) is 2.84. The minimum Gasteiger partial charge on any atom is -0.380 e. The molecule has 0 saturated carbocycles. The first-order chi connectivity index (χ1) is 11.3. The fourth-order valence-electron chi connectivity index (χ4n) is 3.36. The van der Waals surface area contributed by atoms with Crippen molar-refractivity contribution < 1.29 is 4.74 Å². The standard InChI is InChI=1S/C18H22N4O/c1-23-15-5-3-9-22(12-15)14-6-7-16-17(10-14)20-11-13-4-2-8-19-18(13)21-16/h2,4,6-8,10,15,20H,3,5,9,11-12H2,1H3,(H,19,21). The van der Waals surface area contributed by atoms with E-state index in [1.165, 1.54) is 17.7 Å². The lowest BCUT2D eigenvalue weighted by molar-refractivity contribution is 0.0893. The van der Waals surface area contributed by atoms with E-state index in [0.717, 1.165) is 43.2 Å². The number of hydrogen-bond donors (Lipinski definition) is 2. The molecule has 2 N–H and O–H groups in total. The molecule has 1 aromatic heterocycles. The number of anilines is 4. The van der Waals surface area contributed by atoms with E-state index in [0.29, 0.717) is 6.10 Å². The predicted octanol–water partition coefficient (Wildman–Crippen LogP) is 3.37. The molecule has 1 aromatic carbocycles. The number of aromatic nitrogens is 1. The highest BCUT2D eigenvalue weighted by molar-refractivity contribution is 5.79. The normalized spacial score (nSPS) is 19.9. The van der Waals surface area contributed by atoms with Crippen molar-refractivity contribution in [2.24, 2.45) is 0 Å². The number of methoxy groups -OCH3 is 1. The summed E-state index contributed by atoms with van der Waals surface area (Å²) < 4.78 is 5.54. The Labute approximate surface area is 136 Å². The quantitative estimate of drug-likeness (QED) is 0.890. The smallest absolute Gasteiger partial charge is 0.135 e. The number of pyridine rings is 1. The van der Waals surface area contributed by atoms with Gasteiger partial charge in [0.1, 0.15) is 5.82 Å². The zero-order chi connectivity index (χ0) is 15.6. The molecule has 120 valence electrons. The third-order valence-corrected chi connectivity index (χ3v) is 4.69. The molecule has 0 amide bonds. The molecular weight excluding hydrogens is 288 g/mol. The lowest BCUT2D eigenvalue weighted by atomic mass is 10.1. The molecule has 5 heteroatoms. The van der Waals surface area contributed by atoms with E-state index >= 15 is 0 Å². The Morgan fingerprint density at radius 3 is 3.13 bits per heavy atom. The SMILES string of the molecule is COC1CCCN(c2ccc3c(c2)NCc2cccnc2N3)C1. The van der Waals surface area contributed by atoms with E-state index in [-0.39, 0.29) is 0 Å². The Bertz CT molecular complexity index is 703. The first kappa shape index (κ1) is 14.3. The number of fused-ring (bicyclic) bond motifs is 2. The van der Waals surface area contributed by atoms with Crippen LogP contribution in [0.5, 0.6) is 0 Å². The van der Waals surface area contributed by atoms with Crippen LogP contribution in [0, 0.1) is 0 Å². The number of ether oxygens (including phenoxy) is 1. The van der Waals surface area contributed by atoms with Crippen molar-refractivity contribution in [1.82, 2.24) is 4.98 Å². The monoisotopic (exact) mass is 310 g/mol. The van der Waals surface area contributed by atoms with Crippen LogP contribution in [-0.2, 0) is 11.3 Å². The molecule has 2 aliphatic heterocycles. The van der Waals surface area contributed by atoms with Crippen molar-refractivity contribution in [1.29, 1.82) is 0 Å². The number of benzene rings is 1. The molecule has 0 bridgehead atoms. The summed E-state index contributed by atoms with van der Waals surface area (Å²) in [5.41, 5.74) is 4.63. The first-order valence-corrected chi connectivity index (χ1v) is 8.20. The number of piperidine rings is 1. The van der Waals surface area contributed by atoms with Gasteiger partial charge in [0, 0.05) is 44.2 Å². The second kappa shape index (κ2) is 6.08. The van der Waals surface area contributed by atoms with Gasteiger partial charge in [-0.2, -0.15) is 0 Å². The molecule has 3 heterocycles. The van der Waals surface area contributed by atoms with Crippen LogP contribution >= 0.6 is 0 Å². The first-order valence-electron chi connectivity index (χ1n) is 8.20. The summed E-state index contributed by atoms with van der Waals surface area (Å²) in [4.78, 5) is 6.85. The second-order valence-electron chi connectivity index (χ2n) is 6.17. The van der Waals surface area contributed by atoms with E-state index < -0.39 is 0 Å². The summed E-state index contributed by atoms with van der Waals surface area (Å²) in [5, 5.41) is 6.96. The third-order valence-electron chi connectivity index (χ3n) is 4.69. The highest BCUT2D eigenvalue weighted by atomic mass is 16.5. The molecule has 4 rings (SSSR count). The van der Waals surface area contributed by atoms with Gasteiger partial charge in [0.15, 0.2) is 0 Å². The van der Waals surface area contributed by atoms with E-state index in [1.807, 2.05) is 12.3 Å². The largest absolute Gasteiger partial charge is 0.380 e. The number of rotatable bonds is 2. The van der Waals surface area contributed by atoms with Crippen LogP contribution in [0.4, 0.5) is 22.9 Å². The molecule has 1 saturated heterocycles. The Morgan fingerprint density at radius 1 is 1.26 bits per heavy atom. The van der Waals surface area contributed by atoms with Gasteiger partial charge >= 0.3 is 0 Å². The maximum Gasteiger partial charge on any atom is 0.135 e. The van der Waals surface area contributed by atoms with Crippen LogP contribution in [0.15, 0.2) is 36.5 Å². The lowest BCUT2D eigenvalue weighted by Gasteiger charge is -2.34. The zero-order valence-corrected chi connectivity index (χ0v) is 13.4. The summed E-state index contributed by atoms with van der Waals surface area (Å²) in [5.74, 6) is 0.934. The van der Waals surface area contributed by atoms with Crippen molar-refractivity contribution in [2.75, 3.05) is 35.7 Å². The van der Waals surface area contributed by atoms with Crippen LogP contribution in [0.3, 0.4) is 0 Å². The third kappa shape index (κ3) is 2.84. The maximum atomic E-state index is 5.54. The second-order valence-corrected chi connectivity index (χ2v) is 6.17. The van der Waals surface area contributed by atoms with Crippen molar-refractivity contribution in [2.45, 2.75) is 25.5 Å². The Kier molecular flexibility index (Phi) is 3.79. The predicted molar refractivity (Wildman–Crippen MR) is 93.5 cm³/mol. The molecule has 1 fully saturated rings. The van der Waals surface area contributed by atoms with E-state index in [4.69, 9.17) is 4.74 Å². The highest BCUT2D eigenvalue weighted by Crippen LogP contribution is 2.34. The average molecular weight is 310 g/mol. The van der Waals surface area contributed by atoms with Crippen molar-refractivity contribution in [3.63, 3.8) is 0 Å². The molecule has 2 aliphatic rings. The van der Waals surface area contributed by atoms with E-state index in [1.54, 1.807) is 7.11 Å². The van der Waals surface area contributed by atoms with Gasteiger partial charge in [-0.1, -0.05) is 6.07 Å². The summed E-state index contributed by atoms with van der Waals surface area (Å²) in [6.07, 6.45) is 4.49. The van der Waals surface area contributed by atoms with Crippen LogP contribution in [0.2, 0.25) is 0 Å². The number of nitrogens with zero attached hydrogens (tertiary/aromatic N) is 2. The van der Waals surface area contributed by atoms with Gasteiger partial charge in [0.25, 0.3) is 0 Å². The van der Waals surface area contributed by atoms with Gasteiger partial charge in [-0.15, -0.1) is 0 Å². The van der Waals surface area contributed by atoms with Crippen molar-refractivity contribution in [3.8, 4) is 0 Å². The molecule has 23 heavy (non-hydrogen) atoms. The fourth-order valence-corrected chi connectivity index (χ4v) is 3.36. The van der Waals surface area contributed by atoms with Gasteiger partial charge < -0.3 is 20.3 Å². The molecule has 0 radical (unpaired) electrons. The molecule has 0 spiro atoms. The topological polar surface area (TPSA) is 49.4 Å². The molecular formula is C18H22N4O. The summed E-state index contributed by atoms with van der Waals surface area (Å²) in [7, 11) is 1.81. The van der Waals surface area contributed by atoms with E-state index in [9.17, 15) is 0 Å². The molecule has 0 aliphatic carbocycles. The Morgan fingerprint density at radius 2 is 2.22 bits per heavy atom. The van der Waals surface area contributed by atoms with Crippen LogP contribution in [-0.4, -0.2) is 31.3 Å². The van der Waals surface area contributed by atoms with Gasteiger partial charge in [-0.05, 0) is 37.1 Å². The number of nitrogens with one attached hydrogen (secondary N) is 2. The average Bonchev–Trinajstić information content (AvgIpc) is 2.80. The Balaban J connectivity index is 1.60. The van der Waals surface area contributed by atoms with Crippen LogP contribution in [0.25, 0.3) is 0 Å². The summed E-state index contributed by atoms with van der Waals surface area (Å²) in [6, 6.07) is 10.6. The Hall–Kier alpha value is -2.27. The van der Waals surface area contributed by atoms with Crippen LogP contribution < -0.4 is 15.5 Å². The highest BCUT2D eigenvalue weighted by Gasteiger charge is 2.21. The molecule has 1 unspecified atom stereocenters. The fraction of sp³-hybridized carbons (Fsp3) is 0.389. The zero-order valence-electron chi connectivity index (χ0n) is 13.4. The lowest BCUT2D eigenvalue weighted by Crippen LogP contribution is -2.39. The molecule has 2 aromatic rings. The van der Waals surface area contributed by atoms with Gasteiger partial charge in [-0.3, -0.25) is 0 Å². The van der Waals surface area contributed by atoms with E-state index in [2.05, 4.69) is 44.8 Å². The van der Waals surface area contributed by atoms with Crippen LogP contribution in [0.1, 0.15) is 18.4 Å². The van der Waals surface area contributed by atoms with Gasteiger partial charge in [0.05, 0.1) is 17.5 Å². The van der Waals surface area contributed by atoms with Crippen molar-refractivity contribution >= 4 is 22.9 Å². The minimum atomic E-state index is 0.335. The molecule has 5 nitrogen and oxygen atoms in total. The van der Waals surface area contributed by atoms with Gasteiger partial charge in [-0.25, -0.2) is 4.98 Å². The molecule has 1 atom stereocenters.